The summed E-state index contributed by atoms with van der Waals surface area (Å²) in [5.41, 5.74) is 2.82. The number of hydrogen-bond acceptors (Lipinski definition) is 3. The van der Waals surface area contributed by atoms with E-state index in [1.807, 2.05) is 37.4 Å². The Morgan fingerprint density at radius 2 is 1.83 bits per heavy atom. The van der Waals surface area contributed by atoms with E-state index in [1.54, 1.807) is 24.4 Å². The average Bonchev–Trinajstić information content (AvgIpc) is 2.58. The van der Waals surface area contributed by atoms with Gasteiger partial charge in [0.05, 0.1) is 7.11 Å². The van der Waals surface area contributed by atoms with Crippen molar-refractivity contribution < 1.29 is 9.53 Å². The normalized spacial score (nSPS) is 11.2. The summed E-state index contributed by atoms with van der Waals surface area (Å²) in [6.45, 7) is 7.02. The number of ether oxygens (including phenoxy) is 1. The SMILES string of the molecule is COc1ccc(C(=O)N(C)CCc2ccncc2)cc1C(C)(C)C. The minimum absolute atomic E-state index is 0.0252. The van der Waals surface area contributed by atoms with Gasteiger partial charge in [-0.2, -0.15) is 0 Å². The standard InChI is InChI=1S/C20H26N2O2/c1-20(2,3)17-14-16(6-7-18(17)24-5)19(23)22(4)13-10-15-8-11-21-12-9-15/h6-9,11-12,14H,10,13H2,1-5H3. The van der Waals surface area contributed by atoms with Gasteiger partial charge in [0.25, 0.3) is 5.91 Å². The molecule has 0 radical (unpaired) electrons. The number of likely N-dealkylation sites (N-methyl/N-ethyl adjacent to an activating group) is 1. The zero-order chi connectivity index (χ0) is 17.7. The molecular weight excluding hydrogens is 300 g/mol. The van der Waals surface area contributed by atoms with Gasteiger partial charge in [-0.15, -0.1) is 0 Å². The highest BCUT2D eigenvalue weighted by atomic mass is 16.5. The average molecular weight is 326 g/mol. The van der Waals surface area contributed by atoms with Crippen LogP contribution in [0.2, 0.25) is 0 Å². The number of carbonyl (C=O) groups excluding carboxylic acids is 1. The molecule has 2 aromatic rings. The lowest BCUT2D eigenvalue weighted by Crippen LogP contribution is -2.29. The van der Waals surface area contributed by atoms with Gasteiger partial charge < -0.3 is 9.64 Å². The van der Waals surface area contributed by atoms with Gasteiger partial charge in [0.2, 0.25) is 0 Å². The zero-order valence-corrected chi connectivity index (χ0v) is 15.2. The maximum absolute atomic E-state index is 12.7. The van der Waals surface area contributed by atoms with Crippen molar-refractivity contribution in [1.82, 2.24) is 9.88 Å². The van der Waals surface area contributed by atoms with Gasteiger partial charge >= 0.3 is 0 Å². The number of hydrogen-bond donors (Lipinski definition) is 0. The van der Waals surface area contributed by atoms with Crippen LogP contribution in [0.4, 0.5) is 0 Å². The molecule has 2 rings (SSSR count). The Kier molecular flexibility index (Phi) is 5.60. The summed E-state index contributed by atoms with van der Waals surface area (Å²) >= 11 is 0. The van der Waals surface area contributed by atoms with Crippen LogP contribution in [0.1, 0.15) is 42.3 Å². The summed E-state index contributed by atoms with van der Waals surface area (Å²) < 4.78 is 5.44. The van der Waals surface area contributed by atoms with E-state index in [-0.39, 0.29) is 11.3 Å². The molecule has 0 saturated heterocycles. The van der Waals surface area contributed by atoms with Gasteiger partial charge in [-0.1, -0.05) is 20.8 Å². The fourth-order valence-electron chi connectivity index (χ4n) is 2.60. The number of amides is 1. The molecule has 0 saturated carbocycles. The lowest BCUT2D eigenvalue weighted by molar-refractivity contribution is 0.0796. The molecular formula is C20H26N2O2. The number of nitrogens with zero attached hydrogens (tertiary/aromatic N) is 2. The van der Waals surface area contributed by atoms with Crippen LogP contribution in [-0.2, 0) is 11.8 Å². The third-order valence-electron chi connectivity index (χ3n) is 4.09. The molecule has 1 aromatic carbocycles. The highest BCUT2D eigenvalue weighted by molar-refractivity contribution is 5.94. The molecule has 0 fully saturated rings. The third-order valence-corrected chi connectivity index (χ3v) is 4.09. The van der Waals surface area contributed by atoms with E-state index in [9.17, 15) is 4.79 Å². The fraction of sp³-hybridized carbons (Fsp3) is 0.400. The van der Waals surface area contributed by atoms with Crippen molar-refractivity contribution in [2.45, 2.75) is 32.6 Å². The molecule has 0 spiro atoms. The molecule has 24 heavy (non-hydrogen) atoms. The molecule has 1 amide bonds. The van der Waals surface area contributed by atoms with E-state index in [0.29, 0.717) is 12.1 Å². The Morgan fingerprint density at radius 3 is 2.42 bits per heavy atom. The van der Waals surface area contributed by atoms with Crippen LogP contribution in [0.5, 0.6) is 5.75 Å². The fourth-order valence-corrected chi connectivity index (χ4v) is 2.60. The largest absolute Gasteiger partial charge is 0.496 e. The number of pyridine rings is 1. The molecule has 0 atom stereocenters. The Balaban J connectivity index is 2.14. The van der Waals surface area contributed by atoms with E-state index in [2.05, 4.69) is 25.8 Å². The smallest absolute Gasteiger partial charge is 0.253 e. The van der Waals surface area contributed by atoms with E-state index in [1.165, 1.54) is 5.56 Å². The number of carbonyl (C=O) groups is 1. The van der Waals surface area contributed by atoms with Crippen molar-refractivity contribution in [2.24, 2.45) is 0 Å². The highest BCUT2D eigenvalue weighted by Gasteiger charge is 2.21. The van der Waals surface area contributed by atoms with Crippen LogP contribution in [0, 0.1) is 0 Å². The predicted octanol–water partition coefficient (Wildman–Crippen LogP) is 3.70. The number of rotatable bonds is 5. The van der Waals surface area contributed by atoms with E-state index in [0.717, 1.165) is 17.7 Å². The minimum atomic E-state index is -0.0861. The molecule has 128 valence electrons. The molecule has 1 heterocycles. The van der Waals surface area contributed by atoms with E-state index >= 15 is 0 Å². The Bertz CT molecular complexity index is 691. The first-order valence-electron chi connectivity index (χ1n) is 8.16. The maximum Gasteiger partial charge on any atom is 0.253 e. The second-order valence-electron chi connectivity index (χ2n) is 7.00. The highest BCUT2D eigenvalue weighted by Crippen LogP contribution is 2.32. The van der Waals surface area contributed by atoms with Crippen molar-refractivity contribution in [2.75, 3.05) is 20.7 Å². The van der Waals surface area contributed by atoms with Crippen LogP contribution in [0.25, 0.3) is 0 Å². The van der Waals surface area contributed by atoms with Gasteiger partial charge in [-0.3, -0.25) is 9.78 Å². The minimum Gasteiger partial charge on any atom is -0.496 e. The molecule has 0 bridgehead atoms. The van der Waals surface area contributed by atoms with Gasteiger partial charge in [0, 0.05) is 37.1 Å². The Morgan fingerprint density at radius 1 is 1.17 bits per heavy atom. The van der Waals surface area contributed by atoms with Crippen LogP contribution in [0.3, 0.4) is 0 Å². The molecule has 0 aliphatic rings. The quantitative estimate of drug-likeness (QED) is 0.841. The Hall–Kier alpha value is -2.36. The van der Waals surface area contributed by atoms with Crippen molar-refractivity contribution in [1.29, 1.82) is 0 Å². The predicted molar refractivity (Wildman–Crippen MR) is 96.6 cm³/mol. The first-order chi connectivity index (χ1) is 11.3. The van der Waals surface area contributed by atoms with E-state index in [4.69, 9.17) is 4.74 Å². The van der Waals surface area contributed by atoms with Crippen LogP contribution < -0.4 is 4.74 Å². The zero-order valence-electron chi connectivity index (χ0n) is 15.2. The van der Waals surface area contributed by atoms with Gasteiger partial charge in [-0.05, 0) is 47.7 Å². The molecule has 0 N–H and O–H groups in total. The van der Waals surface area contributed by atoms with Crippen LogP contribution in [-0.4, -0.2) is 36.5 Å². The summed E-state index contributed by atoms with van der Waals surface area (Å²) in [6, 6.07) is 9.61. The number of aromatic nitrogens is 1. The Labute approximate surface area is 144 Å². The first kappa shape index (κ1) is 18.0. The second-order valence-corrected chi connectivity index (χ2v) is 7.00. The van der Waals surface area contributed by atoms with Crippen molar-refractivity contribution in [3.8, 4) is 5.75 Å². The van der Waals surface area contributed by atoms with Crippen molar-refractivity contribution >= 4 is 5.91 Å². The topological polar surface area (TPSA) is 42.4 Å². The summed E-state index contributed by atoms with van der Waals surface area (Å²) in [4.78, 5) is 18.5. The molecule has 4 nitrogen and oxygen atoms in total. The number of benzene rings is 1. The summed E-state index contributed by atoms with van der Waals surface area (Å²) in [6.07, 6.45) is 4.36. The van der Waals surface area contributed by atoms with Crippen LogP contribution >= 0.6 is 0 Å². The van der Waals surface area contributed by atoms with Crippen molar-refractivity contribution in [3.63, 3.8) is 0 Å². The molecule has 0 aliphatic heterocycles. The summed E-state index contributed by atoms with van der Waals surface area (Å²) in [7, 11) is 3.50. The first-order valence-corrected chi connectivity index (χ1v) is 8.16. The molecule has 0 unspecified atom stereocenters. The number of methoxy groups -OCH3 is 1. The summed E-state index contributed by atoms with van der Waals surface area (Å²) in [5, 5.41) is 0. The molecule has 4 heteroatoms. The van der Waals surface area contributed by atoms with E-state index < -0.39 is 0 Å². The third kappa shape index (κ3) is 4.34. The second kappa shape index (κ2) is 7.47. The van der Waals surface area contributed by atoms with Crippen molar-refractivity contribution in [3.05, 3.63) is 59.4 Å². The van der Waals surface area contributed by atoms with Gasteiger partial charge in [0.15, 0.2) is 0 Å². The van der Waals surface area contributed by atoms with Crippen LogP contribution in [0.15, 0.2) is 42.7 Å². The molecule has 0 aliphatic carbocycles. The summed E-state index contributed by atoms with van der Waals surface area (Å²) in [5.74, 6) is 0.843. The van der Waals surface area contributed by atoms with Gasteiger partial charge in [0.1, 0.15) is 5.75 Å². The van der Waals surface area contributed by atoms with Gasteiger partial charge in [-0.25, -0.2) is 0 Å². The maximum atomic E-state index is 12.7. The monoisotopic (exact) mass is 326 g/mol. The lowest BCUT2D eigenvalue weighted by atomic mass is 9.85. The lowest BCUT2D eigenvalue weighted by Gasteiger charge is -2.24. The molecule has 1 aromatic heterocycles.